The topological polar surface area (TPSA) is 94.3 Å². The number of benzene rings is 1. The Kier molecular flexibility index (Phi) is 5.21. The molecule has 8 heteroatoms. The van der Waals surface area contributed by atoms with Gasteiger partial charge in [-0.25, -0.2) is 4.79 Å². The molecule has 1 aromatic carbocycles. The second-order valence-corrected chi connectivity index (χ2v) is 7.64. The highest BCUT2D eigenvalue weighted by Crippen LogP contribution is 2.38. The maximum atomic E-state index is 12.8. The molecular formula is C20H19N3O4S. The van der Waals surface area contributed by atoms with Crippen molar-refractivity contribution in [3.63, 3.8) is 0 Å². The van der Waals surface area contributed by atoms with E-state index < -0.39 is 5.97 Å². The summed E-state index contributed by atoms with van der Waals surface area (Å²) in [5, 5.41) is 11.3. The van der Waals surface area contributed by atoms with Gasteiger partial charge in [0.25, 0.3) is 5.89 Å². The maximum absolute atomic E-state index is 12.8. The predicted molar refractivity (Wildman–Crippen MR) is 104 cm³/mol. The van der Waals surface area contributed by atoms with Gasteiger partial charge in [-0.1, -0.05) is 18.2 Å². The molecule has 2 heterocycles. The average Bonchev–Trinajstić information content (AvgIpc) is 3.30. The van der Waals surface area contributed by atoms with E-state index in [9.17, 15) is 9.59 Å². The van der Waals surface area contributed by atoms with Crippen molar-refractivity contribution in [3.05, 3.63) is 52.2 Å². The number of fused-ring (bicyclic) bond motifs is 1. The van der Waals surface area contributed by atoms with Crippen molar-refractivity contribution in [3.8, 4) is 11.5 Å². The first-order chi connectivity index (χ1) is 13.6. The van der Waals surface area contributed by atoms with Crippen molar-refractivity contribution in [2.24, 2.45) is 0 Å². The van der Waals surface area contributed by atoms with Gasteiger partial charge < -0.3 is 14.5 Å². The second kappa shape index (κ2) is 7.93. The molecule has 3 aromatic rings. The number of aryl methyl sites for hydroxylation is 1. The smallest absolute Gasteiger partial charge is 0.341 e. The third-order valence-electron chi connectivity index (χ3n) is 4.48. The van der Waals surface area contributed by atoms with Crippen molar-refractivity contribution in [2.75, 3.05) is 5.32 Å². The molecule has 0 aliphatic heterocycles. The summed E-state index contributed by atoms with van der Waals surface area (Å²) in [6.45, 7) is 1.31. The van der Waals surface area contributed by atoms with Crippen molar-refractivity contribution in [2.45, 2.75) is 39.2 Å². The van der Waals surface area contributed by atoms with E-state index in [1.807, 2.05) is 30.3 Å². The Morgan fingerprint density at radius 1 is 1.18 bits per heavy atom. The van der Waals surface area contributed by atoms with Gasteiger partial charge in [0.2, 0.25) is 11.8 Å². The van der Waals surface area contributed by atoms with Crippen LogP contribution in [0.2, 0.25) is 0 Å². The zero-order chi connectivity index (χ0) is 19.5. The molecule has 0 spiro atoms. The van der Waals surface area contributed by atoms with Gasteiger partial charge in [-0.3, -0.25) is 4.79 Å². The number of nitrogens with one attached hydrogen (secondary N) is 1. The largest absolute Gasteiger partial charge is 0.452 e. The Balaban J connectivity index is 1.50. The number of amides is 1. The van der Waals surface area contributed by atoms with E-state index in [2.05, 4.69) is 15.5 Å². The van der Waals surface area contributed by atoms with Crippen LogP contribution in [0, 0.1) is 0 Å². The molecule has 2 aromatic heterocycles. The van der Waals surface area contributed by atoms with Crippen LogP contribution in [-0.2, 0) is 29.0 Å². The van der Waals surface area contributed by atoms with E-state index >= 15 is 0 Å². The summed E-state index contributed by atoms with van der Waals surface area (Å²) in [6, 6.07) is 9.38. The average molecular weight is 397 g/mol. The van der Waals surface area contributed by atoms with E-state index in [1.54, 1.807) is 0 Å². The number of hydrogen-bond acceptors (Lipinski definition) is 7. The molecule has 28 heavy (non-hydrogen) atoms. The Morgan fingerprint density at radius 3 is 2.75 bits per heavy atom. The van der Waals surface area contributed by atoms with Gasteiger partial charge in [0, 0.05) is 17.4 Å². The SMILES string of the molecule is CC(=O)Nc1sc2c(c1C(=O)OCc1nnc(-c3ccccc3)o1)CCCC2. The van der Waals surface area contributed by atoms with E-state index in [0.717, 1.165) is 41.7 Å². The maximum Gasteiger partial charge on any atom is 0.341 e. The highest BCUT2D eigenvalue weighted by molar-refractivity contribution is 7.17. The second-order valence-electron chi connectivity index (χ2n) is 6.54. The first kappa shape index (κ1) is 18.4. The van der Waals surface area contributed by atoms with Gasteiger partial charge in [-0.05, 0) is 43.4 Å². The Bertz CT molecular complexity index is 1010. The van der Waals surface area contributed by atoms with Gasteiger partial charge in [-0.15, -0.1) is 21.5 Å². The molecule has 0 saturated carbocycles. The lowest BCUT2D eigenvalue weighted by atomic mass is 9.95. The fraction of sp³-hybridized carbons (Fsp3) is 0.300. The lowest BCUT2D eigenvalue weighted by molar-refractivity contribution is -0.114. The van der Waals surface area contributed by atoms with E-state index in [4.69, 9.17) is 9.15 Å². The molecule has 0 radical (unpaired) electrons. The molecule has 0 saturated heterocycles. The molecule has 4 rings (SSSR count). The van der Waals surface area contributed by atoms with E-state index in [-0.39, 0.29) is 18.4 Å². The van der Waals surface area contributed by atoms with Crippen LogP contribution >= 0.6 is 11.3 Å². The number of ether oxygens (including phenoxy) is 1. The fourth-order valence-electron chi connectivity index (χ4n) is 3.24. The van der Waals surface area contributed by atoms with Gasteiger partial charge in [0.05, 0.1) is 5.56 Å². The van der Waals surface area contributed by atoms with Crippen molar-refractivity contribution >= 4 is 28.2 Å². The minimum Gasteiger partial charge on any atom is -0.452 e. The first-order valence-electron chi connectivity index (χ1n) is 9.09. The van der Waals surface area contributed by atoms with Crippen LogP contribution in [0.4, 0.5) is 5.00 Å². The Hall–Kier alpha value is -3.00. The zero-order valence-electron chi connectivity index (χ0n) is 15.4. The molecule has 0 atom stereocenters. The molecule has 0 bridgehead atoms. The summed E-state index contributed by atoms with van der Waals surface area (Å²) in [5.74, 6) is -0.101. The van der Waals surface area contributed by atoms with Gasteiger partial charge in [0.1, 0.15) is 5.00 Å². The molecular weight excluding hydrogens is 378 g/mol. The van der Waals surface area contributed by atoms with Crippen LogP contribution in [0.25, 0.3) is 11.5 Å². The molecule has 1 N–H and O–H groups in total. The molecule has 7 nitrogen and oxygen atoms in total. The van der Waals surface area contributed by atoms with Crippen molar-refractivity contribution in [1.29, 1.82) is 0 Å². The summed E-state index contributed by atoms with van der Waals surface area (Å²) in [7, 11) is 0. The van der Waals surface area contributed by atoms with E-state index in [0.29, 0.717) is 16.5 Å². The summed E-state index contributed by atoms with van der Waals surface area (Å²) in [6.07, 6.45) is 3.85. The fourth-order valence-corrected chi connectivity index (χ4v) is 4.56. The third-order valence-corrected chi connectivity index (χ3v) is 5.69. The van der Waals surface area contributed by atoms with Crippen LogP contribution in [0.15, 0.2) is 34.7 Å². The standard InChI is InChI=1S/C20H19N3O4S/c1-12(24)21-19-17(14-9-5-6-10-15(14)28-19)20(25)26-11-16-22-23-18(27-16)13-7-3-2-4-8-13/h2-4,7-8H,5-6,9-11H2,1H3,(H,21,24). The van der Waals surface area contributed by atoms with E-state index in [1.165, 1.54) is 18.3 Å². The normalized spacial score (nSPS) is 13.0. The van der Waals surface area contributed by atoms with Crippen molar-refractivity contribution < 1.29 is 18.7 Å². The monoisotopic (exact) mass is 397 g/mol. The lowest BCUT2D eigenvalue weighted by Crippen LogP contribution is -2.13. The van der Waals surface area contributed by atoms with Crippen LogP contribution < -0.4 is 5.32 Å². The summed E-state index contributed by atoms with van der Waals surface area (Å²) in [4.78, 5) is 25.4. The number of anilines is 1. The highest BCUT2D eigenvalue weighted by atomic mass is 32.1. The minimum atomic E-state index is -0.484. The van der Waals surface area contributed by atoms with Crippen LogP contribution in [-0.4, -0.2) is 22.1 Å². The summed E-state index contributed by atoms with van der Waals surface area (Å²) < 4.78 is 11.0. The summed E-state index contributed by atoms with van der Waals surface area (Å²) >= 11 is 1.46. The molecule has 0 unspecified atom stereocenters. The molecule has 1 amide bonds. The number of carbonyl (C=O) groups is 2. The van der Waals surface area contributed by atoms with Crippen molar-refractivity contribution in [1.82, 2.24) is 10.2 Å². The molecule has 0 fully saturated rings. The van der Waals surface area contributed by atoms with Gasteiger partial charge in [-0.2, -0.15) is 0 Å². The lowest BCUT2D eigenvalue weighted by Gasteiger charge is -2.12. The number of nitrogens with zero attached hydrogens (tertiary/aromatic N) is 2. The Morgan fingerprint density at radius 2 is 1.96 bits per heavy atom. The third kappa shape index (κ3) is 3.82. The van der Waals surface area contributed by atoms with Gasteiger partial charge >= 0.3 is 5.97 Å². The quantitative estimate of drug-likeness (QED) is 0.654. The number of rotatable bonds is 5. The number of hydrogen-bond donors (Lipinski definition) is 1. The predicted octanol–water partition coefficient (Wildman–Crippen LogP) is 3.99. The number of carbonyl (C=O) groups excluding carboxylic acids is 2. The number of thiophene rings is 1. The zero-order valence-corrected chi connectivity index (χ0v) is 16.2. The van der Waals surface area contributed by atoms with Crippen LogP contribution in [0.3, 0.4) is 0 Å². The summed E-state index contributed by atoms with van der Waals surface area (Å²) in [5.41, 5.74) is 2.24. The van der Waals surface area contributed by atoms with Crippen LogP contribution in [0.1, 0.15) is 46.5 Å². The Labute approximate surface area is 165 Å². The molecule has 1 aliphatic carbocycles. The van der Waals surface area contributed by atoms with Gasteiger partial charge in [0.15, 0.2) is 6.61 Å². The van der Waals surface area contributed by atoms with Crippen LogP contribution in [0.5, 0.6) is 0 Å². The highest BCUT2D eigenvalue weighted by Gasteiger charge is 2.27. The number of aromatic nitrogens is 2. The number of esters is 1. The molecule has 1 aliphatic rings. The first-order valence-corrected chi connectivity index (χ1v) is 9.90. The minimum absolute atomic E-state index is 0.122. The molecule has 144 valence electrons.